The van der Waals surface area contributed by atoms with Crippen molar-refractivity contribution in [1.82, 2.24) is 15.2 Å². The molecule has 0 amide bonds. The molecule has 0 bridgehead atoms. The molecule has 98 valence electrons. The summed E-state index contributed by atoms with van der Waals surface area (Å²) >= 11 is 1.31. The van der Waals surface area contributed by atoms with E-state index in [-0.39, 0.29) is 0 Å². The Kier molecular flexibility index (Phi) is 3.15. The Morgan fingerprint density at radius 2 is 2.05 bits per heavy atom. The maximum atomic E-state index is 8.80. The van der Waals surface area contributed by atoms with Gasteiger partial charge in [-0.15, -0.1) is 21.5 Å². The minimum atomic E-state index is 0.377. The Labute approximate surface area is 118 Å². The number of ether oxygens (including phenoxy) is 1. The van der Waals surface area contributed by atoms with Crippen LogP contribution in [0.15, 0.2) is 34.9 Å². The smallest absolute Gasteiger partial charge is 0.258 e. The van der Waals surface area contributed by atoms with Crippen LogP contribution in [0.2, 0.25) is 0 Å². The maximum Gasteiger partial charge on any atom is 0.258 e. The molecule has 0 aliphatic rings. The van der Waals surface area contributed by atoms with Crippen LogP contribution >= 0.6 is 11.3 Å². The molecule has 0 radical (unpaired) electrons. The second kappa shape index (κ2) is 5.11. The number of nitriles is 1. The Morgan fingerprint density at radius 1 is 1.20 bits per heavy atom. The standard InChI is InChI=1S/C13H8N4O2S/c1-18-11-5-2-8(7-15-11)12-16-17-13(19-12)10-4-3-9(6-14)20-10/h2-5,7H,1H3. The molecule has 0 N–H and O–H groups in total. The molecular weight excluding hydrogens is 276 g/mol. The lowest BCUT2D eigenvalue weighted by Crippen LogP contribution is -1.87. The number of rotatable bonds is 3. The van der Waals surface area contributed by atoms with Gasteiger partial charge in [0.05, 0.1) is 17.6 Å². The molecule has 0 saturated heterocycles. The number of aromatic nitrogens is 3. The van der Waals surface area contributed by atoms with Crippen LogP contribution in [0.1, 0.15) is 4.88 Å². The van der Waals surface area contributed by atoms with E-state index in [4.69, 9.17) is 14.4 Å². The van der Waals surface area contributed by atoms with Crippen LogP contribution in [-0.2, 0) is 0 Å². The first-order valence-electron chi connectivity index (χ1n) is 5.64. The number of methoxy groups -OCH3 is 1. The second-order valence-electron chi connectivity index (χ2n) is 3.78. The summed E-state index contributed by atoms with van der Waals surface area (Å²) in [5, 5.41) is 16.8. The van der Waals surface area contributed by atoms with Crippen molar-refractivity contribution in [3.63, 3.8) is 0 Å². The quantitative estimate of drug-likeness (QED) is 0.735. The fraction of sp³-hybridized carbons (Fsp3) is 0.0769. The first kappa shape index (κ1) is 12.3. The SMILES string of the molecule is COc1ccc(-c2nnc(-c3ccc(C#N)s3)o2)cn1. The Balaban J connectivity index is 1.91. The molecule has 0 aromatic carbocycles. The fourth-order valence-corrected chi connectivity index (χ4v) is 2.30. The molecule has 20 heavy (non-hydrogen) atoms. The van der Waals surface area contributed by atoms with Crippen molar-refractivity contribution in [3.8, 4) is 34.2 Å². The molecule has 0 unspecified atom stereocenters. The van der Waals surface area contributed by atoms with Crippen LogP contribution in [0, 0.1) is 11.3 Å². The van der Waals surface area contributed by atoms with Crippen LogP contribution in [0.25, 0.3) is 22.2 Å². The lowest BCUT2D eigenvalue weighted by molar-refractivity contribution is 0.398. The van der Waals surface area contributed by atoms with E-state index in [9.17, 15) is 0 Å². The molecule has 0 atom stereocenters. The Bertz CT molecular complexity index is 770. The maximum absolute atomic E-state index is 8.80. The van der Waals surface area contributed by atoms with Gasteiger partial charge in [0.15, 0.2) is 0 Å². The summed E-state index contributed by atoms with van der Waals surface area (Å²) in [7, 11) is 1.55. The Morgan fingerprint density at radius 3 is 2.70 bits per heavy atom. The highest BCUT2D eigenvalue weighted by Gasteiger charge is 2.12. The van der Waals surface area contributed by atoms with E-state index in [1.54, 1.807) is 37.6 Å². The van der Waals surface area contributed by atoms with E-state index in [1.807, 2.05) is 0 Å². The molecule has 0 spiro atoms. The molecule has 3 aromatic heterocycles. The number of nitrogens with zero attached hydrogens (tertiary/aromatic N) is 4. The topological polar surface area (TPSA) is 84.8 Å². The average Bonchev–Trinajstić information content (AvgIpc) is 3.16. The highest BCUT2D eigenvalue weighted by molar-refractivity contribution is 7.15. The monoisotopic (exact) mass is 284 g/mol. The highest BCUT2D eigenvalue weighted by atomic mass is 32.1. The van der Waals surface area contributed by atoms with Gasteiger partial charge in [0.25, 0.3) is 5.89 Å². The highest BCUT2D eigenvalue weighted by Crippen LogP contribution is 2.29. The van der Waals surface area contributed by atoms with Gasteiger partial charge >= 0.3 is 0 Å². The van der Waals surface area contributed by atoms with Gasteiger partial charge in [0.2, 0.25) is 11.8 Å². The zero-order chi connectivity index (χ0) is 13.9. The van der Waals surface area contributed by atoms with Crippen molar-refractivity contribution >= 4 is 11.3 Å². The summed E-state index contributed by atoms with van der Waals surface area (Å²) < 4.78 is 10.6. The van der Waals surface area contributed by atoms with Gasteiger partial charge in [0, 0.05) is 12.3 Å². The second-order valence-corrected chi connectivity index (χ2v) is 4.86. The summed E-state index contributed by atoms with van der Waals surface area (Å²) in [4.78, 5) is 5.45. The molecular formula is C13H8N4O2S. The summed E-state index contributed by atoms with van der Waals surface area (Å²) in [5.41, 5.74) is 0.710. The van der Waals surface area contributed by atoms with Gasteiger partial charge in [0.1, 0.15) is 10.9 Å². The largest absolute Gasteiger partial charge is 0.481 e. The van der Waals surface area contributed by atoms with Gasteiger partial charge in [-0.05, 0) is 18.2 Å². The molecule has 3 aromatic rings. The van der Waals surface area contributed by atoms with Gasteiger partial charge in [-0.3, -0.25) is 0 Å². The van der Waals surface area contributed by atoms with Gasteiger partial charge in [-0.1, -0.05) is 0 Å². The number of pyridine rings is 1. The Hall–Kier alpha value is -2.72. The molecule has 7 heteroatoms. The van der Waals surface area contributed by atoms with E-state index in [1.165, 1.54) is 11.3 Å². The molecule has 0 aliphatic carbocycles. The number of thiophene rings is 1. The molecule has 6 nitrogen and oxygen atoms in total. The third-order valence-corrected chi connectivity index (χ3v) is 3.52. The fourth-order valence-electron chi connectivity index (χ4n) is 1.58. The molecule has 0 aliphatic heterocycles. The van der Waals surface area contributed by atoms with Crippen molar-refractivity contribution in [2.24, 2.45) is 0 Å². The predicted molar refractivity (Wildman–Crippen MR) is 72.1 cm³/mol. The number of hydrogen-bond donors (Lipinski definition) is 0. The first-order chi connectivity index (χ1) is 9.80. The van der Waals surface area contributed by atoms with Crippen LogP contribution < -0.4 is 4.74 Å². The molecule has 0 saturated carbocycles. The zero-order valence-corrected chi connectivity index (χ0v) is 11.2. The summed E-state index contributed by atoms with van der Waals surface area (Å²) in [6, 6.07) is 9.09. The van der Waals surface area contributed by atoms with Gasteiger partial charge in [-0.2, -0.15) is 5.26 Å². The molecule has 3 heterocycles. The summed E-state index contributed by atoms with van der Waals surface area (Å²) in [6.07, 6.45) is 1.60. The minimum Gasteiger partial charge on any atom is -0.481 e. The van der Waals surface area contributed by atoms with Crippen LogP contribution in [-0.4, -0.2) is 22.3 Å². The summed E-state index contributed by atoms with van der Waals surface area (Å²) in [6.45, 7) is 0. The summed E-state index contributed by atoms with van der Waals surface area (Å²) in [5.74, 6) is 1.29. The van der Waals surface area contributed by atoms with E-state index >= 15 is 0 Å². The van der Waals surface area contributed by atoms with E-state index in [0.717, 1.165) is 4.88 Å². The van der Waals surface area contributed by atoms with Crippen LogP contribution in [0.5, 0.6) is 5.88 Å². The normalized spacial score (nSPS) is 10.2. The average molecular weight is 284 g/mol. The third-order valence-electron chi connectivity index (χ3n) is 2.54. The lowest BCUT2D eigenvalue weighted by atomic mass is 10.3. The third kappa shape index (κ3) is 2.24. The van der Waals surface area contributed by atoms with Gasteiger partial charge in [-0.25, -0.2) is 4.98 Å². The molecule has 3 rings (SSSR count). The first-order valence-corrected chi connectivity index (χ1v) is 6.46. The van der Waals surface area contributed by atoms with Crippen LogP contribution in [0.3, 0.4) is 0 Å². The minimum absolute atomic E-state index is 0.377. The van der Waals surface area contributed by atoms with Gasteiger partial charge < -0.3 is 9.15 Å². The lowest BCUT2D eigenvalue weighted by Gasteiger charge is -1.97. The van der Waals surface area contributed by atoms with E-state index < -0.39 is 0 Å². The van der Waals surface area contributed by atoms with E-state index in [2.05, 4.69) is 21.3 Å². The van der Waals surface area contributed by atoms with Crippen molar-refractivity contribution in [2.45, 2.75) is 0 Å². The van der Waals surface area contributed by atoms with Crippen molar-refractivity contribution in [2.75, 3.05) is 7.11 Å². The zero-order valence-electron chi connectivity index (χ0n) is 10.4. The number of hydrogen-bond acceptors (Lipinski definition) is 7. The van der Waals surface area contributed by atoms with Crippen molar-refractivity contribution < 1.29 is 9.15 Å². The predicted octanol–water partition coefficient (Wildman–Crippen LogP) is 2.74. The van der Waals surface area contributed by atoms with E-state index in [0.29, 0.717) is 28.1 Å². The molecule has 0 fully saturated rings. The van der Waals surface area contributed by atoms with Crippen LogP contribution in [0.4, 0.5) is 0 Å². The van der Waals surface area contributed by atoms with Crippen molar-refractivity contribution in [3.05, 3.63) is 35.3 Å². The van der Waals surface area contributed by atoms with Crippen molar-refractivity contribution in [1.29, 1.82) is 5.26 Å².